The van der Waals surface area contributed by atoms with Crippen LogP contribution in [0.25, 0.3) is 0 Å². The predicted octanol–water partition coefficient (Wildman–Crippen LogP) is 1.11. The van der Waals surface area contributed by atoms with Crippen LogP contribution in [0.2, 0.25) is 5.02 Å². The van der Waals surface area contributed by atoms with Crippen molar-refractivity contribution in [3.05, 3.63) is 29.3 Å². The zero-order chi connectivity index (χ0) is 12.8. The Balaban J connectivity index is 2.81. The standard InChI is InChI=1S/C11H13ClN2O3/c12-8-2-1-3-9(6-8)14(7-11(16)17)5-4-10(13)15/h1-3,6H,4-5,7H2,(H2,13,15)(H,16,17). The van der Waals surface area contributed by atoms with Crippen molar-refractivity contribution < 1.29 is 14.7 Å². The van der Waals surface area contributed by atoms with E-state index in [2.05, 4.69) is 0 Å². The Morgan fingerprint density at radius 1 is 1.41 bits per heavy atom. The number of primary amides is 1. The molecule has 1 aromatic rings. The molecule has 5 nitrogen and oxygen atoms in total. The third kappa shape index (κ3) is 4.74. The Morgan fingerprint density at radius 2 is 2.12 bits per heavy atom. The van der Waals surface area contributed by atoms with Gasteiger partial charge in [0.15, 0.2) is 0 Å². The summed E-state index contributed by atoms with van der Waals surface area (Å²) in [5, 5.41) is 9.30. The lowest BCUT2D eigenvalue weighted by atomic mass is 10.2. The molecule has 0 heterocycles. The van der Waals surface area contributed by atoms with Crippen LogP contribution in [0.5, 0.6) is 0 Å². The van der Waals surface area contributed by atoms with E-state index in [9.17, 15) is 9.59 Å². The van der Waals surface area contributed by atoms with E-state index >= 15 is 0 Å². The number of nitrogens with two attached hydrogens (primary N) is 1. The maximum absolute atomic E-state index is 10.7. The first-order valence-electron chi connectivity index (χ1n) is 4.99. The summed E-state index contributed by atoms with van der Waals surface area (Å²) in [5.74, 6) is -1.45. The SMILES string of the molecule is NC(=O)CCN(CC(=O)O)c1cccc(Cl)c1. The largest absolute Gasteiger partial charge is 0.480 e. The number of rotatable bonds is 6. The monoisotopic (exact) mass is 256 g/mol. The summed E-state index contributed by atoms with van der Waals surface area (Å²) in [6, 6.07) is 6.79. The molecule has 0 fully saturated rings. The van der Waals surface area contributed by atoms with Gasteiger partial charge >= 0.3 is 5.97 Å². The molecule has 0 aliphatic carbocycles. The summed E-state index contributed by atoms with van der Waals surface area (Å²) in [6.07, 6.45) is 0.0970. The lowest BCUT2D eigenvalue weighted by molar-refractivity contribution is -0.135. The van der Waals surface area contributed by atoms with Gasteiger partial charge in [0, 0.05) is 23.7 Å². The second kappa shape index (κ2) is 6.10. The molecule has 0 radical (unpaired) electrons. The Kier molecular flexibility index (Phi) is 4.78. The summed E-state index contributed by atoms with van der Waals surface area (Å²) in [7, 11) is 0. The average molecular weight is 257 g/mol. The lowest BCUT2D eigenvalue weighted by Gasteiger charge is -2.22. The van der Waals surface area contributed by atoms with Crippen molar-refractivity contribution in [3.8, 4) is 0 Å². The van der Waals surface area contributed by atoms with Crippen LogP contribution in [0.4, 0.5) is 5.69 Å². The van der Waals surface area contributed by atoms with E-state index in [0.717, 1.165) is 0 Å². The molecule has 0 aliphatic heterocycles. The second-order valence-corrected chi connectivity index (χ2v) is 3.95. The fraction of sp³-hybridized carbons (Fsp3) is 0.273. The van der Waals surface area contributed by atoms with Crippen LogP contribution in [-0.2, 0) is 9.59 Å². The third-order valence-electron chi connectivity index (χ3n) is 2.13. The summed E-state index contributed by atoms with van der Waals surface area (Å²) in [4.78, 5) is 23.0. The van der Waals surface area contributed by atoms with E-state index in [1.165, 1.54) is 0 Å². The molecular formula is C11H13ClN2O3. The molecule has 0 spiro atoms. The molecule has 92 valence electrons. The van der Waals surface area contributed by atoms with Gasteiger partial charge in [-0.1, -0.05) is 17.7 Å². The first-order chi connectivity index (χ1) is 7.99. The van der Waals surface area contributed by atoms with Crippen LogP contribution in [0, 0.1) is 0 Å². The van der Waals surface area contributed by atoms with Gasteiger partial charge in [-0.05, 0) is 18.2 Å². The highest BCUT2D eigenvalue weighted by atomic mass is 35.5. The topological polar surface area (TPSA) is 83.6 Å². The number of benzene rings is 1. The highest BCUT2D eigenvalue weighted by molar-refractivity contribution is 6.30. The number of carboxylic acid groups (broad SMARTS) is 1. The molecule has 1 rings (SSSR count). The molecule has 0 aliphatic rings. The minimum absolute atomic E-state index is 0.0970. The van der Waals surface area contributed by atoms with E-state index in [1.54, 1.807) is 29.2 Å². The Hall–Kier alpha value is -1.75. The van der Waals surface area contributed by atoms with Gasteiger partial charge < -0.3 is 15.7 Å². The normalized spacial score (nSPS) is 9.94. The number of hydrogen-bond acceptors (Lipinski definition) is 3. The molecule has 1 amide bonds. The second-order valence-electron chi connectivity index (χ2n) is 3.51. The Bertz CT molecular complexity index is 423. The predicted molar refractivity (Wildman–Crippen MR) is 65.1 cm³/mol. The van der Waals surface area contributed by atoms with E-state index in [-0.39, 0.29) is 19.5 Å². The number of carbonyl (C=O) groups is 2. The molecule has 1 aromatic carbocycles. The quantitative estimate of drug-likeness (QED) is 0.799. The van der Waals surface area contributed by atoms with Crippen molar-refractivity contribution in [2.45, 2.75) is 6.42 Å². The van der Waals surface area contributed by atoms with Crippen LogP contribution >= 0.6 is 11.6 Å². The van der Waals surface area contributed by atoms with Gasteiger partial charge in [-0.2, -0.15) is 0 Å². The van der Waals surface area contributed by atoms with Gasteiger partial charge in [-0.3, -0.25) is 9.59 Å². The number of aliphatic carboxylic acids is 1. The maximum atomic E-state index is 10.7. The number of carbonyl (C=O) groups excluding carboxylic acids is 1. The fourth-order valence-corrected chi connectivity index (χ4v) is 1.57. The molecular weight excluding hydrogens is 244 g/mol. The van der Waals surface area contributed by atoms with Gasteiger partial charge in [-0.15, -0.1) is 0 Å². The van der Waals surface area contributed by atoms with Crippen molar-refractivity contribution in [2.24, 2.45) is 5.73 Å². The highest BCUT2D eigenvalue weighted by Gasteiger charge is 2.11. The Morgan fingerprint density at radius 3 is 2.65 bits per heavy atom. The van der Waals surface area contributed by atoms with Crippen molar-refractivity contribution >= 4 is 29.2 Å². The minimum Gasteiger partial charge on any atom is -0.480 e. The third-order valence-corrected chi connectivity index (χ3v) is 2.36. The van der Waals surface area contributed by atoms with Crippen LogP contribution in [0.3, 0.4) is 0 Å². The van der Waals surface area contributed by atoms with Crippen molar-refractivity contribution in [2.75, 3.05) is 18.0 Å². The number of hydrogen-bond donors (Lipinski definition) is 2. The zero-order valence-corrected chi connectivity index (χ0v) is 9.85. The first kappa shape index (κ1) is 13.3. The van der Waals surface area contributed by atoms with Gasteiger partial charge in [0.05, 0.1) is 0 Å². The summed E-state index contributed by atoms with van der Waals surface area (Å²) in [5.41, 5.74) is 5.69. The van der Waals surface area contributed by atoms with E-state index in [4.69, 9.17) is 22.4 Å². The smallest absolute Gasteiger partial charge is 0.323 e. The molecule has 17 heavy (non-hydrogen) atoms. The van der Waals surface area contributed by atoms with Crippen molar-refractivity contribution in [1.82, 2.24) is 0 Å². The lowest BCUT2D eigenvalue weighted by Crippen LogP contribution is -2.32. The van der Waals surface area contributed by atoms with Gasteiger partial charge in [0.1, 0.15) is 6.54 Å². The number of carboxylic acids is 1. The maximum Gasteiger partial charge on any atom is 0.323 e. The molecule has 0 saturated carbocycles. The zero-order valence-electron chi connectivity index (χ0n) is 9.10. The molecule has 0 unspecified atom stereocenters. The van der Waals surface area contributed by atoms with Crippen LogP contribution in [0.1, 0.15) is 6.42 Å². The van der Waals surface area contributed by atoms with Crippen LogP contribution in [0.15, 0.2) is 24.3 Å². The summed E-state index contributed by atoms with van der Waals surface area (Å²) < 4.78 is 0. The highest BCUT2D eigenvalue weighted by Crippen LogP contribution is 2.19. The van der Waals surface area contributed by atoms with Gasteiger partial charge in [-0.25, -0.2) is 0 Å². The molecule has 6 heteroatoms. The van der Waals surface area contributed by atoms with E-state index in [1.807, 2.05) is 0 Å². The number of nitrogens with zero attached hydrogens (tertiary/aromatic N) is 1. The van der Waals surface area contributed by atoms with Gasteiger partial charge in [0.2, 0.25) is 5.91 Å². The number of amides is 1. The number of halogens is 1. The summed E-state index contributed by atoms with van der Waals surface area (Å²) in [6.45, 7) is 0.0512. The molecule has 0 saturated heterocycles. The molecule has 3 N–H and O–H groups in total. The molecule has 0 aromatic heterocycles. The van der Waals surface area contributed by atoms with Crippen molar-refractivity contribution in [3.63, 3.8) is 0 Å². The molecule has 0 atom stereocenters. The molecule has 0 bridgehead atoms. The summed E-state index contributed by atoms with van der Waals surface area (Å²) >= 11 is 5.82. The van der Waals surface area contributed by atoms with Gasteiger partial charge in [0.25, 0.3) is 0 Å². The average Bonchev–Trinajstić information content (AvgIpc) is 2.23. The Labute approximate surface area is 104 Å². The van der Waals surface area contributed by atoms with E-state index < -0.39 is 11.9 Å². The van der Waals surface area contributed by atoms with Crippen LogP contribution in [-0.4, -0.2) is 30.1 Å². The van der Waals surface area contributed by atoms with E-state index in [0.29, 0.717) is 10.7 Å². The first-order valence-corrected chi connectivity index (χ1v) is 5.37. The minimum atomic E-state index is -0.977. The van der Waals surface area contributed by atoms with Crippen LogP contribution < -0.4 is 10.6 Å². The fourth-order valence-electron chi connectivity index (χ4n) is 1.38. The number of anilines is 1. The van der Waals surface area contributed by atoms with Crippen molar-refractivity contribution in [1.29, 1.82) is 0 Å².